The fourth-order valence-corrected chi connectivity index (χ4v) is 3.44. The van der Waals surface area contributed by atoms with Crippen LogP contribution in [0, 0.1) is 30.3 Å². The van der Waals surface area contributed by atoms with Gasteiger partial charge in [0, 0.05) is 18.2 Å². The first kappa shape index (κ1) is 32.0. The Bertz CT molecular complexity index is 1600. The van der Waals surface area contributed by atoms with Crippen molar-refractivity contribution in [1.29, 1.82) is 0 Å². The molecule has 0 unspecified atom stereocenters. The number of nitro groups is 3. The van der Waals surface area contributed by atoms with Gasteiger partial charge in [-0.1, -0.05) is 11.6 Å². The number of hydrogen-bond donors (Lipinski definition) is 0. The number of non-ortho nitro benzene ring substituents is 1. The Balaban J connectivity index is 1.59. The van der Waals surface area contributed by atoms with Crippen molar-refractivity contribution in [3.05, 3.63) is 101 Å². The molecule has 0 aliphatic carbocycles. The minimum Gasteiger partial charge on any atom is -0.475 e. The number of rotatable bonds is 12. The van der Waals surface area contributed by atoms with Crippen molar-refractivity contribution >= 4 is 40.6 Å². The maximum atomic E-state index is 12.9. The predicted molar refractivity (Wildman–Crippen MR) is 136 cm³/mol. The fraction of sp³-hybridized carbons (Fsp3) is 0.167. The average Bonchev–Trinajstić information content (AvgIpc) is 2.94. The Morgan fingerprint density at radius 3 is 2.05 bits per heavy atom. The van der Waals surface area contributed by atoms with Gasteiger partial charge in [0.05, 0.1) is 31.4 Å². The molecule has 226 valence electrons. The lowest BCUT2D eigenvalue weighted by Gasteiger charge is -2.12. The summed E-state index contributed by atoms with van der Waals surface area (Å²) in [7, 11) is 0. The maximum absolute atomic E-state index is 12.9. The first-order valence-electron chi connectivity index (χ1n) is 11.4. The van der Waals surface area contributed by atoms with Crippen LogP contribution in [0.3, 0.4) is 0 Å². The molecule has 0 spiro atoms. The third-order valence-electron chi connectivity index (χ3n) is 5.15. The summed E-state index contributed by atoms with van der Waals surface area (Å²) in [6, 6.07) is 7.55. The van der Waals surface area contributed by atoms with Gasteiger partial charge in [-0.25, -0.2) is 9.59 Å². The zero-order valence-electron chi connectivity index (χ0n) is 21.1. The van der Waals surface area contributed by atoms with Gasteiger partial charge in [-0.3, -0.25) is 30.3 Å². The Kier molecular flexibility index (Phi) is 9.99. The molecule has 0 aliphatic heterocycles. The second-order valence-corrected chi connectivity index (χ2v) is 8.40. The number of esters is 2. The summed E-state index contributed by atoms with van der Waals surface area (Å²) >= 11 is 5.85. The molecule has 0 N–H and O–H groups in total. The number of benzene rings is 3. The number of ether oxygens (including phenoxy) is 4. The SMILES string of the molecule is O=C(COc1ccc([N+](=O)[O-])cc1[N+](=O)[O-])OCCOC(=O)c1cc(Oc2ccc(C(F)(F)F)cc2Cl)ccc1[N+](=O)[O-]. The number of carbonyl (C=O) groups is 2. The van der Waals surface area contributed by atoms with Crippen molar-refractivity contribution in [3.63, 3.8) is 0 Å². The number of alkyl halides is 3. The van der Waals surface area contributed by atoms with E-state index < -0.39 is 91.7 Å². The van der Waals surface area contributed by atoms with Gasteiger partial charge in [0.1, 0.15) is 30.3 Å². The van der Waals surface area contributed by atoms with E-state index >= 15 is 0 Å². The lowest BCUT2D eigenvalue weighted by molar-refractivity contribution is -0.394. The van der Waals surface area contributed by atoms with Crippen LogP contribution in [0.4, 0.5) is 30.2 Å². The standard InChI is InChI=1S/C24H15ClF3N3O12/c25-17-9-13(24(26,27)28)1-5-20(17)43-15-3-4-18(30(36)37)16(11-15)23(33)41-8-7-40-22(32)12-42-21-6-2-14(29(34)35)10-19(21)31(38)39/h1-6,9-11H,7-8,12H2. The summed E-state index contributed by atoms with van der Waals surface area (Å²) in [6.45, 7) is -2.03. The van der Waals surface area contributed by atoms with Gasteiger partial charge in [0.2, 0.25) is 0 Å². The highest BCUT2D eigenvalue weighted by atomic mass is 35.5. The highest BCUT2D eigenvalue weighted by Crippen LogP contribution is 2.37. The molecule has 0 fully saturated rings. The minimum atomic E-state index is -4.66. The quantitative estimate of drug-likeness (QED) is 0.103. The van der Waals surface area contributed by atoms with Crippen molar-refractivity contribution in [2.45, 2.75) is 6.18 Å². The maximum Gasteiger partial charge on any atom is 0.416 e. The van der Waals surface area contributed by atoms with Gasteiger partial charge in [-0.15, -0.1) is 0 Å². The first-order chi connectivity index (χ1) is 20.2. The molecule has 15 nitrogen and oxygen atoms in total. The van der Waals surface area contributed by atoms with E-state index in [0.717, 1.165) is 36.4 Å². The molecule has 0 heterocycles. The zero-order valence-corrected chi connectivity index (χ0v) is 21.8. The molecule has 0 aromatic heterocycles. The summed E-state index contributed by atoms with van der Waals surface area (Å²) in [6.07, 6.45) is -4.66. The van der Waals surface area contributed by atoms with Gasteiger partial charge in [-0.2, -0.15) is 13.2 Å². The van der Waals surface area contributed by atoms with Crippen LogP contribution in [0.1, 0.15) is 15.9 Å². The Hall–Kier alpha value is -5.52. The average molecular weight is 630 g/mol. The molecule has 0 saturated heterocycles. The Labute approximate surface area is 241 Å². The molecule has 3 rings (SSSR count). The monoisotopic (exact) mass is 629 g/mol. The van der Waals surface area contributed by atoms with Crippen LogP contribution in [-0.4, -0.2) is 46.5 Å². The molecular formula is C24H15ClF3N3O12. The topological polar surface area (TPSA) is 200 Å². The molecule has 0 atom stereocenters. The van der Waals surface area contributed by atoms with Crippen LogP contribution in [0.25, 0.3) is 0 Å². The minimum absolute atomic E-state index is 0.205. The van der Waals surface area contributed by atoms with Crippen LogP contribution in [0.2, 0.25) is 5.02 Å². The number of nitro benzene ring substituents is 3. The van der Waals surface area contributed by atoms with Crippen LogP contribution in [0.5, 0.6) is 17.2 Å². The van der Waals surface area contributed by atoms with Crippen LogP contribution in [-0.2, 0) is 20.4 Å². The third-order valence-corrected chi connectivity index (χ3v) is 5.44. The second-order valence-electron chi connectivity index (χ2n) is 7.99. The van der Waals surface area contributed by atoms with Crippen LogP contribution < -0.4 is 9.47 Å². The van der Waals surface area contributed by atoms with Crippen molar-refractivity contribution in [2.75, 3.05) is 19.8 Å². The van der Waals surface area contributed by atoms with E-state index in [1.165, 1.54) is 0 Å². The molecule has 0 radical (unpaired) electrons. The van der Waals surface area contributed by atoms with Crippen LogP contribution in [0.15, 0.2) is 54.6 Å². The Morgan fingerprint density at radius 1 is 0.791 bits per heavy atom. The summed E-state index contributed by atoms with van der Waals surface area (Å²) in [5.41, 5.74) is -3.71. The number of hydrogen-bond acceptors (Lipinski definition) is 12. The molecule has 0 aliphatic rings. The second kappa shape index (κ2) is 13.4. The molecule has 43 heavy (non-hydrogen) atoms. The lowest BCUT2D eigenvalue weighted by atomic mass is 10.1. The molecular weight excluding hydrogens is 615 g/mol. The fourth-order valence-electron chi connectivity index (χ4n) is 3.22. The molecule has 3 aromatic carbocycles. The smallest absolute Gasteiger partial charge is 0.416 e. The normalized spacial score (nSPS) is 10.9. The Morgan fingerprint density at radius 2 is 1.44 bits per heavy atom. The molecule has 19 heteroatoms. The van der Waals surface area contributed by atoms with E-state index in [2.05, 4.69) is 0 Å². The highest BCUT2D eigenvalue weighted by Gasteiger charge is 2.31. The highest BCUT2D eigenvalue weighted by molar-refractivity contribution is 6.32. The summed E-state index contributed by atoms with van der Waals surface area (Å²) in [4.78, 5) is 55.0. The first-order valence-corrected chi connectivity index (χ1v) is 11.8. The lowest BCUT2D eigenvalue weighted by Crippen LogP contribution is -2.19. The van der Waals surface area contributed by atoms with Gasteiger partial charge >= 0.3 is 23.8 Å². The third kappa shape index (κ3) is 8.49. The van der Waals surface area contributed by atoms with E-state index in [-0.39, 0.29) is 11.5 Å². The molecule has 3 aromatic rings. The number of nitrogens with zero attached hydrogens (tertiary/aromatic N) is 3. The zero-order chi connectivity index (χ0) is 31.9. The van der Waals surface area contributed by atoms with Crippen LogP contribution >= 0.6 is 11.6 Å². The summed E-state index contributed by atoms with van der Waals surface area (Å²) < 4.78 is 58.6. The van der Waals surface area contributed by atoms with E-state index in [0.29, 0.717) is 18.2 Å². The molecule has 0 saturated carbocycles. The molecule has 0 bridgehead atoms. The van der Waals surface area contributed by atoms with Gasteiger partial charge in [0.25, 0.3) is 11.4 Å². The predicted octanol–water partition coefficient (Wildman–Crippen LogP) is 5.65. The summed E-state index contributed by atoms with van der Waals surface area (Å²) in [5.74, 6) is -3.21. The van der Waals surface area contributed by atoms with E-state index in [9.17, 15) is 53.1 Å². The van der Waals surface area contributed by atoms with Crippen molar-refractivity contribution in [2.24, 2.45) is 0 Å². The van der Waals surface area contributed by atoms with E-state index in [1.807, 2.05) is 0 Å². The largest absolute Gasteiger partial charge is 0.475 e. The van der Waals surface area contributed by atoms with Crippen molar-refractivity contribution < 1.29 is 56.5 Å². The van der Waals surface area contributed by atoms with E-state index in [1.54, 1.807) is 0 Å². The van der Waals surface area contributed by atoms with Gasteiger partial charge in [0.15, 0.2) is 12.4 Å². The number of carbonyl (C=O) groups excluding carboxylic acids is 2. The molecule has 0 amide bonds. The van der Waals surface area contributed by atoms with E-state index in [4.69, 9.17) is 30.5 Å². The van der Waals surface area contributed by atoms with Gasteiger partial charge in [-0.05, 0) is 30.3 Å². The number of halogens is 4. The summed E-state index contributed by atoms with van der Waals surface area (Å²) in [5, 5.41) is 32.9. The van der Waals surface area contributed by atoms with Crippen molar-refractivity contribution in [1.82, 2.24) is 0 Å². The van der Waals surface area contributed by atoms with Gasteiger partial charge < -0.3 is 18.9 Å². The van der Waals surface area contributed by atoms with Crippen molar-refractivity contribution in [3.8, 4) is 17.2 Å².